The second kappa shape index (κ2) is 7.97. The van der Waals surface area contributed by atoms with Gasteiger partial charge in [0.25, 0.3) is 0 Å². The highest BCUT2D eigenvalue weighted by atomic mass is 14.2. The Labute approximate surface area is 154 Å². The fourth-order valence-electron chi connectivity index (χ4n) is 3.10. The molecule has 0 radical (unpaired) electrons. The minimum atomic E-state index is 0.651. The van der Waals surface area contributed by atoms with Crippen LogP contribution in [0.1, 0.15) is 41.2 Å². The van der Waals surface area contributed by atoms with E-state index < -0.39 is 0 Å². The third kappa shape index (κ3) is 3.56. The highest BCUT2D eigenvalue weighted by molar-refractivity contribution is 5.98. The average Bonchev–Trinajstić information content (AvgIpc) is 2.73. The molecule has 0 aromatic heterocycles. The summed E-state index contributed by atoms with van der Waals surface area (Å²) in [7, 11) is 0. The van der Waals surface area contributed by atoms with E-state index in [1.165, 1.54) is 5.57 Å². The third-order valence-electron chi connectivity index (χ3n) is 4.38. The van der Waals surface area contributed by atoms with Gasteiger partial charge in [0.2, 0.25) is 0 Å². The predicted octanol–water partition coefficient (Wildman–Crippen LogP) is 5.80. The lowest BCUT2D eigenvalue weighted by atomic mass is 9.88. The summed E-state index contributed by atoms with van der Waals surface area (Å²) >= 11 is 0. The second-order valence-corrected chi connectivity index (χ2v) is 5.95. The van der Waals surface area contributed by atoms with Gasteiger partial charge in [0.05, 0.1) is 23.3 Å². The van der Waals surface area contributed by atoms with Crippen molar-refractivity contribution in [1.82, 2.24) is 0 Å². The van der Waals surface area contributed by atoms with Crippen molar-refractivity contribution in [3.8, 4) is 12.1 Å². The molecule has 0 amide bonds. The molecule has 0 aliphatic carbocycles. The van der Waals surface area contributed by atoms with Crippen LogP contribution in [0.5, 0.6) is 0 Å². The lowest BCUT2D eigenvalue weighted by Crippen LogP contribution is -1.95. The van der Waals surface area contributed by atoms with Gasteiger partial charge in [-0.2, -0.15) is 10.5 Å². The Balaban J connectivity index is 2.24. The Morgan fingerprint density at radius 1 is 0.654 bits per heavy atom. The fraction of sp³-hybridized carbons (Fsp3) is 0.0833. The van der Waals surface area contributed by atoms with E-state index in [9.17, 15) is 0 Å². The van der Waals surface area contributed by atoms with Gasteiger partial charge in [0, 0.05) is 0 Å². The molecule has 3 aromatic rings. The molecule has 0 N–H and O–H groups in total. The van der Waals surface area contributed by atoms with Crippen molar-refractivity contribution in [3.63, 3.8) is 0 Å². The minimum absolute atomic E-state index is 0.651. The first-order valence-electron chi connectivity index (χ1n) is 8.56. The maximum atomic E-state index is 9.08. The summed E-state index contributed by atoms with van der Waals surface area (Å²) in [6.07, 6.45) is 0.857. The van der Waals surface area contributed by atoms with Crippen molar-refractivity contribution in [3.05, 3.63) is 107 Å². The summed E-state index contributed by atoms with van der Waals surface area (Å²) in [5, 5.41) is 18.1. The van der Waals surface area contributed by atoms with Crippen LogP contribution >= 0.6 is 0 Å². The van der Waals surface area contributed by atoms with Gasteiger partial charge in [0.15, 0.2) is 0 Å². The van der Waals surface area contributed by atoms with E-state index in [0.717, 1.165) is 28.7 Å². The zero-order chi connectivity index (χ0) is 18.4. The van der Waals surface area contributed by atoms with Crippen molar-refractivity contribution in [2.75, 3.05) is 0 Å². The molecule has 0 saturated carbocycles. The van der Waals surface area contributed by atoms with Gasteiger partial charge >= 0.3 is 0 Å². The molecule has 2 nitrogen and oxygen atoms in total. The molecule has 0 unspecified atom stereocenters. The molecule has 0 aliphatic rings. The van der Waals surface area contributed by atoms with Crippen LogP contribution in [0.4, 0.5) is 0 Å². The molecule has 26 heavy (non-hydrogen) atoms. The van der Waals surface area contributed by atoms with Crippen molar-refractivity contribution in [2.45, 2.75) is 13.3 Å². The number of allylic oxidation sites excluding steroid dienone is 1. The SMILES string of the molecule is CC/C(=C(\c1ccccc1)c1ccc(C#N)cc1)c1ccc(C#N)cc1. The zero-order valence-corrected chi connectivity index (χ0v) is 14.6. The maximum Gasteiger partial charge on any atom is 0.0991 e. The van der Waals surface area contributed by atoms with Crippen molar-refractivity contribution in [2.24, 2.45) is 0 Å². The quantitative estimate of drug-likeness (QED) is 0.566. The van der Waals surface area contributed by atoms with E-state index in [0.29, 0.717) is 11.1 Å². The molecule has 0 heterocycles. The van der Waals surface area contributed by atoms with E-state index in [2.05, 4.69) is 31.2 Å². The van der Waals surface area contributed by atoms with Crippen LogP contribution in [-0.4, -0.2) is 0 Å². The molecule has 3 rings (SSSR count). The molecule has 0 fully saturated rings. The van der Waals surface area contributed by atoms with Crippen molar-refractivity contribution < 1.29 is 0 Å². The van der Waals surface area contributed by atoms with Crippen LogP contribution in [0.3, 0.4) is 0 Å². The Hall–Kier alpha value is -3.62. The number of hydrogen-bond acceptors (Lipinski definition) is 2. The lowest BCUT2D eigenvalue weighted by molar-refractivity contribution is 1.24. The van der Waals surface area contributed by atoms with Gasteiger partial charge in [-0.25, -0.2) is 0 Å². The molecular formula is C24H18N2. The van der Waals surface area contributed by atoms with Crippen molar-refractivity contribution in [1.29, 1.82) is 10.5 Å². The Morgan fingerprint density at radius 2 is 1.12 bits per heavy atom. The number of hydrogen-bond donors (Lipinski definition) is 0. The summed E-state index contributed by atoms with van der Waals surface area (Å²) in [4.78, 5) is 0. The molecule has 0 aliphatic heterocycles. The van der Waals surface area contributed by atoms with Crippen molar-refractivity contribution >= 4 is 11.1 Å². The van der Waals surface area contributed by atoms with Crippen LogP contribution < -0.4 is 0 Å². The Kier molecular flexibility index (Phi) is 5.28. The van der Waals surface area contributed by atoms with E-state index >= 15 is 0 Å². The van der Waals surface area contributed by atoms with Crippen LogP contribution in [0, 0.1) is 22.7 Å². The predicted molar refractivity (Wildman–Crippen MR) is 105 cm³/mol. The first kappa shape index (κ1) is 17.2. The Bertz CT molecular complexity index is 997. The van der Waals surface area contributed by atoms with Gasteiger partial charge in [-0.3, -0.25) is 0 Å². The normalized spacial score (nSPS) is 11.2. The van der Waals surface area contributed by atoms with Gasteiger partial charge in [-0.1, -0.05) is 61.5 Å². The average molecular weight is 334 g/mol. The standard InChI is InChI=1S/C24H18N2/c1-2-23(20-12-8-18(16-25)9-13-20)24(21-6-4-3-5-7-21)22-14-10-19(17-26)11-15-22/h3-15H,2H2,1H3/b24-23-. The molecule has 0 saturated heterocycles. The maximum absolute atomic E-state index is 9.08. The number of rotatable bonds is 4. The second-order valence-electron chi connectivity index (χ2n) is 5.95. The van der Waals surface area contributed by atoms with Gasteiger partial charge in [-0.05, 0) is 58.5 Å². The molecule has 2 heteroatoms. The summed E-state index contributed by atoms with van der Waals surface area (Å²) in [5.74, 6) is 0. The number of benzene rings is 3. The monoisotopic (exact) mass is 334 g/mol. The van der Waals surface area contributed by atoms with Gasteiger partial charge < -0.3 is 0 Å². The van der Waals surface area contributed by atoms with Gasteiger partial charge in [0.1, 0.15) is 0 Å². The Morgan fingerprint density at radius 3 is 1.58 bits per heavy atom. The summed E-state index contributed by atoms with van der Waals surface area (Å²) in [6.45, 7) is 2.14. The number of nitriles is 2. The number of nitrogens with zero attached hydrogens (tertiary/aromatic N) is 2. The minimum Gasteiger partial charge on any atom is -0.192 e. The summed E-state index contributed by atoms with van der Waals surface area (Å²) in [6, 6.07) is 30.0. The molecule has 124 valence electrons. The van der Waals surface area contributed by atoms with E-state index in [1.54, 1.807) is 0 Å². The molecule has 0 atom stereocenters. The summed E-state index contributed by atoms with van der Waals surface area (Å²) < 4.78 is 0. The fourth-order valence-corrected chi connectivity index (χ4v) is 3.10. The smallest absolute Gasteiger partial charge is 0.0991 e. The first-order chi connectivity index (χ1) is 12.8. The van der Waals surface area contributed by atoms with Crippen LogP contribution in [0.2, 0.25) is 0 Å². The summed E-state index contributed by atoms with van der Waals surface area (Å²) in [5.41, 5.74) is 7.00. The van der Waals surface area contributed by atoms with Crippen LogP contribution in [0.15, 0.2) is 78.9 Å². The molecule has 0 bridgehead atoms. The largest absolute Gasteiger partial charge is 0.192 e. The molecular weight excluding hydrogens is 316 g/mol. The molecule has 3 aromatic carbocycles. The van der Waals surface area contributed by atoms with Crippen LogP contribution in [-0.2, 0) is 0 Å². The lowest BCUT2D eigenvalue weighted by Gasteiger charge is -2.16. The highest BCUT2D eigenvalue weighted by Crippen LogP contribution is 2.34. The van der Waals surface area contributed by atoms with E-state index in [-0.39, 0.29) is 0 Å². The molecule has 0 spiro atoms. The first-order valence-corrected chi connectivity index (χ1v) is 8.56. The van der Waals surface area contributed by atoms with E-state index in [4.69, 9.17) is 10.5 Å². The zero-order valence-electron chi connectivity index (χ0n) is 14.6. The van der Waals surface area contributed by atoms with E-state index in [1.807, 2.05) is 66.7 Å². The van der Waals surface area contributed by atoms with Gasteiger partial charge in [-0.15, -0.1) is 0 Å². The van der Waals surface area contributed by atoms with Crippen LogP contribution in [0.25, 0.3) is 11.1 Å². The topological polar surface area (TPSA) is 47.6 Å². The highest BCUT2D eigenvalue weighted by Gasteiger charge is 2.13. The third-order valence-corrected chi connectivity index (χ3v) is 4.38.